The summed E-state index contributed by atoms with van der Waals surface area (Å²) < 4.78 is 12.2. The summed E-state index contributed by atoms with van der Waals surface area (Å²) in [5, 5.41) is 0. The number of aldehydes is 1. The monoisotopic (exact) mass is 154 g/mol. The van der Waals surface area contributed by atoms with Gasteiger partial charge in [-0.05, 0) is 31.5 Å². The molecule has 0 spiro atoms. The quantitative estimate of drug-likeness (QED) is 0.524. The number of hydrogen-bond donors (Lipinski definition) is 0. The second-order valence-corrected chi connectivity index (χ2v) is 2.03. The minimum Gasteiger partial charge on any atom is -0.304 e. The van der Waals surface area contributed by atoms with E-state index in [0.717, 1.165) is 11.8 Å². The van der Waals surface area contributed by atoms with E-state index >= 15 is 0 Å². The number of benzene rings is 1. The van der Waals surface area contributed by atoms with E-state index in [4.69, 9.17) is 4.79 Å². The summed E-state index contributed by atoms with van der Waals surface area (Å²) in [6.45, 7) is 3.31. The fourth-order valence-electron chi connectivity index (χ4n) is 0.606. The van der Waals surface area contributed by atoms with Crippen molar-refractivity contribution in [2.75, 3.05) is 0 Å². The molecule has 0 amide bonds. The van der Waals surface area contributed by atoms with Crippen LogP contribution in [0.2, 0.25) is 0 Å². The average Bonchev–Trinajstić information content (AvgIpc) is 1.88. The van der Waals surface area contributed by atoms with E-state index in [9.17, 15) is 4.39 Å². The predicted octanol–water partition coefficient (Wildman–Crippen LogP) is 2.34. The summed E-state index contributed by atoms with van der Waals surface area (Å²) in [5.41, 5.74) is 0.963. The fourth-order valence-corrected chi connectivity index (χ4v) is 0.606. The molecule has 1 aromatic rings. The van der Waals surface area contributed by atoms with E-state index < -0.39 is 0 Å². The van der Waals surface area contributed by atoms with E-state index in [1.165, 1.54) is 19.1 Å². The van der Waals surface area contributed by atoms with Gasteiger partial charge in [-0.1, -0.05) is 12.1 Å². The van der Waals surface area contributed by atoms with Crippen LogP contribution >= 0.6 is 0 Å². The van der Waals surface area contributed by atoms with Crippen molar-refractivity contribution in [3.63, 3.8) is 0 Å². The molecule has 0 atom stereocenters. The van der Waals surface area contributed by atoms with Crippen molar-refractivity contribution in [3.05, 3.63) is 35.6 Å². The molecule has 0 aliphatic rings. The van der Waals surface area contributed by atoms with Crippen LogP contribution in [0.25, 0.3) is 0 Å². The lowest BCUT2D eigenvalue weighted by atomic mass is 10.2. The summed E-state index contributed by atoms with van der Waals surface area (Å²) in [6.07, 6.45) is 0.750. The molecule has 0 unspecified atom stereocenters. The lowest BCUT2D eigenvalue weighted by Crippen LogP contribution is -1.72. The molecule has 0 N–H and O–H groups in total. The molecule has 60 valence electrons. The molecule has 0 fully saturated rings. The Balaban J connectivity index is 0.000000292. The number of halogens is 1. The van der Waals surface area contributed by atoms with Crippen molar-refractivity contribution in [2.24, 2.45) is 0 Å². The lowest BCUT2D eigenvalue weighted by Gasteiger charge is -1.87. The summed E-state index contributed by atoms with van der Waals surface area (Å²) >= 11 is 0. The first-order valence-electron chi connectivity index (χ1n) is 3.32. The molecule has 1 rings (SSSR count). The number of hydrogen-bond acceptors (Lipinski definition) is 1. The number of carbonyl (C=O) groups excluding carboxylic acids is 1. The van der Waals surface area contributed by atoms with Crippen LogP contribution in [-0.2, 0) is 4.79 Å². The van der Waals surface area contributed by atoms with E-state index in [1.54, 1.807) is 6.07 Å². The fraction of sp³-hybridized carbons (Fsp3) is 0.222. The molecule has 1 aromatic carbocycles. The van der Waals surface area contributed by atoms with E-state index in [-0.39, 0.29) is 5.82 Å². The molecule has 2 heteroatoms. The molecular weight excluding hydrogens is 143 g/mol. The van der Waals surface area contributed by atoms with Crippen molar-refractivity contribution in [1.82, 2.24) is 0 Å². The summed E-state index contributed by atoms with van der Waals surface area (Å²) in [7, 11) is 0. The van der Waals surface area contributed by atoms with Gasteiger partial charge in [-0.2, -0.15) is 0 Å². The first-order valence-corrected chi connectivity index (χ1v) is 3.32. The molecule has 0 saturated carbocycles. The maximum Gasteiger partial charge on any atom is 0.123 e. The van der Waals surface area contributed by atoms with Gasteiger partial charge < -0.3 is 4.79 Å². The van der Waals surface area contributed by atoms with Gasteiger partial charge in [0.15, 0.2) is 0 Å². The Kier molecular flexibility index (Phi) is 4.99. The van der Waals surface area contributed by atoms with Gasteiger partial charge in [0.2, 0.25) is 0 Å². The molecule has 0 aliphatic heterocycles. The van der Waals surface area contributed by atoms with Crippen molar-refractivity contribution in [3.8, 4) is 0 Å². The predicted molar refractivity (Wildman–Crippen MR) is 42.9 cm³/mol. The lowest BCUT2D eigenvalue weighted by molar-refractivity contribution is -0.106. The Bertz CT molecular complexity index is 203. The highest BCUT2D eigenvalue weighted by Crippen LogP contribution is 1.99. The maximum atomic E-state index is 12.2. The van der Waals surface area contributed by atoms with E-state index in [1.807, 2.05) is 13.0 Å². The van der Waals surface area contributed by atoms with Crippen LogP contribution in [0.3, 0.4) is 0 Å². The first kappa shape index (κ1) is 9.82. The van der Waals surface area contributed by atoms with Gasteiger partial charge >= 0.3 is 0 Å². The van der Waals surface area contributed by atoms with Crippen LogP contribution in [0.5, 0.6) is 0 Å². The molecular formula is C9H11FO. The third kappa shape index (κ3) is 5.27. The average molecular weight is 154 g/mol. The van der Waals surface area contributed by atoms with Crippen molar-refractivity contribution in [2.45, 2.75) is 13.8 Å². The summed E-state index contributed by atoms with van der Waals surface area (Å²) in [6, 6.07) is 6.50. The zero-order chi connectivity index (χ0) is 8.69. The Hall–Kier alpha value is -1.18. The highest BCUT2D eigenvalue weighted by Gasteiger charge is 1.84. The molecule has 1 nitrogen and oxygen atoms in total. The normalized spacial score (nSPS) is 7.91. The van der Waals surface area contributed by atoms with Crippen LogP contribution in [-0.4, -0.2) is 6.29 Å². The maximum absolute atomic E-state index is 12.2. The van der Waals surface area contributed by atoms with Crippen molar-refractivity contribution >= 4 is 6.29 Å². The SMILES string of the molecule is CC=O.Cc1cccc(F)c1. The largest absolute Gasteiger partial charge is 0.304 e. The van der Waals surface area contributed by atoms with Gasteiger partial charge in [-0.15, -0.1) is 0 Å². The highest BCUT2D eigenvalue weighted by molar-refractivity contribution is 5.44. The van der Waals surface area contributed by atoms with Crippen molar-refractivity contribution in [1.29, 1.82) is 0 Å². The van der Waals surface area contributed by atoms with Gasteiger partial charge in [0.1, 0.15) is 12.1 Å². The van der Waals surface area contributed by atoms with Crippen molar-refractivity contribution < 1.29 is 9.18 Å². The molecule has 0 radical (unpaired) electrons. The summed E-state index contributed by atoms with van der Waals surface area (Å²) in [4.78, 5) is 8.81. The molecule has 0 aliphatic carbocycles. The minimum atomic E-state index is -0.162. The van der Waals surface area contributed by atoms with Crippen LogP contribution < -0.4 is 0 Å². The van der Waals surface area contributed by atoms with Gasteiger partial charge in [-0.3, -0.25) is 0 Å². The van der Waals surface area contributed by atoms with Gasteiger partial charge in [0.25, 0.3) is 0 Å². The minimum absolute atomic E-state index is 0.162. The smallest absolute Gasteiger partial charge is 0.123 e. The van der Waals surface area contributed by atoms with E-state index in [0.29, 0.717) is 0 Å². The zero-order valence-corrected chi connectivity index (χ0v) is 6.67. The molecule has 11 heavy (non-hydrogen) atoms. The Morgan fingerprint density at radius 3 is 2.27 bits per heavy atom. The molecule has 0 bridgehead atoms. The van der Waals surface area contributed by atoms with Crippen LogP contribution in [0.4, 0.5) is 4.39 Å². The molecule has 0 aromatic heterocycles. The molecule has 0 saturated heterocycles. The van der Waals surface area contributed by atoms with Gasteiger partial charge in [0, 0.05) is 0 Å². The molecule has 0 heterocycles. The number of rotatable bonds is 0. The number of aryl methyl sites for hydroxylation is 1. The standard InChI is InChI=1S/C7H7F.C2H4O/c1-6-3-2-4-7(8)5-6;1-2-3/h2-5H,1H3;2H,1H3. The van der Waals surface area contributed by atoms with Crippen LogP contribution in [0, 0.1) is 12.7 Å². The second kappa shape index (κ2) is 5.59. The Morgan fingerprint density at radius 2 is 2.00 bits per heavy atom. The first-order chi connectivity index (χ1) is 5.20. The third-order valence-electron chi connectivity index (χ3n) is 0.980. The van der Waals surface area contributed by atoms with E-state index in [2.05, 4.69) is 0 Å². The zero-order valence-electron chi connectivity index (χ0n) is 6.67. The number of carbonyl (C=O) groups is 1. The van der Waals surface area contributed by atoms with Crippen LogP contribution in [0.1, 0.15) is 12.5 Å². The Labute approximate surface area is 65.9 Å². The Morgan fingerprint density at radius 1 is 1.45 bits per heavy atom. The highest BCUT2D eigenvalue weighted by atomic mass is 19.1. The second-order valence-electron chi connectivity index (χ2n) is 2.03. The summed E-state index contributed by atoms with van der Waals surface area (Å²) in [5.74, 6) is -0.162. The third-order valence-corrected chi connectivity index (χ3v) is 0.980. The van der Waals surface area contributed by atoms with Crippen LogP contribution in [0.15, 0.2) is 24.3 Å². The topological polar surface area (TPSA) is 17.1 Å². The van der Waals surface area contributed by atoms with Gasteiger partial charge in [0.05, 0.1) is 0 Å². The van der Waals surface area contributed by atoms with Gasteiger partial charge in [-0.25, -0.2) is 4.39 Å².